The molecule has 2 heterocycles. The molecule has 2 aromatic carbocycles. The zero-order valence-electron chi connectivity index (χ0n) is 23.3. The molecule has 214 valence electrons. The van der Waals surface area contributed by atoms with E-state index < -0.39 is 17.5 Å². The lowest BCUT2D eigenvalue weighted by Gasteiger charge is -2.43. The molecule has 2 amide bonds. The first-order valence-electron chi connectivity index (χ1n) is 14.0. The van der Waals surface area contributed by atoms with Gasteiger partial charge in [0.05, 0.1) is 18.2 Å². The van der Waals surface area contributed by atoms with Crippen molar-refractivity contribution in [1.29, 1.82) is 0 Å². The first-order chi connectivity index (χ1) is 19.4. The van der Waals surface area contributed by atoms with E-state index in [2.05, 4.69) is 20.4 Å². The number of hydrogen-bond acceptors (Lipinski definition) is 6. The van der Waals surface area contributed by atoms with Crippen molar-refractivity contribution >= 4 is 22.9 Å². The van der Waals surface area contributed by atoms with Crippen LogP contribution in [0.25, 0.3) is 22.0 Å². The Hall–Kier alpha value is -3.56. The van der Waals surface area contributed by atoms with Gasteiger partial charge in [-0.1, -0.05) is 30.3 Å². The summed E-state index contributed by atoms with van der Waals surface area (Å²) in [5, 5.41) is 19.2. The molecule has 1 aliphatic heterocycles. The summed E-state index contributed by atoms with van der Waals surface area (Å²) < 4.78 is 20.3. The number of carbonyl (C=O) groups is 2. The van der Waals surface area contributed by atoms with E-state index in [1.807, 2.05) is 42.3 Å². The third kappa shape index (κ3) is 6.77. The number of halogens is 1. The van der Waals surface area contributed by atoms with Crippen LogP contribution in [0.15, 0.2) is 54.7 Å². The van der Waals surface area contributed by atoms with Gasteiger partial charge in [0.15, 0.2) is 0 Å². The quantitative estimate of drug-likeness (QED) is 0.302. The van der Waals surface area contributed by atoms with E-state index in [1.54, 1.807) is 18.3 Å². The summed E-state index contributed by atoms with van der Waals surface area (Å²) in [6.45, 7) is 2.06. The van der Waals surface area contributed by atoms with Gasteiger partial charge in [-0.2, -0.15) is 0 Å². The van der Waals surface area contributed by atoms with Crippen molar-refractivity contribution in [2.24, 2.45) is 5.92 Å². The van der Waals surface area contributed by atoms with Gasteiger partial charge >= 0.3 is 6.09 Å². The third-order valence-electron chi connectivity index (χ3n) is 7.82. The Morgan fingerprint density at radius 2 is 2.00 bits per heavy atom. The Morgan fingerprint density at radius 1 is 1.18 bits per heavy atom. The van der Waals surface area contributed by atoms with Crippen LogP contribution in [-0.4, -0.2) is 67.3 Å². The predicted octanol–water partition coefficient (Wildman–Crippen LogP) is 4.60. The number of fused-ring (bicyclic) bond motifs is 1. The summed E-state index contributed by atoms with van der Waals surface area (Å²) in [5.41, 5.74) is 0.700. The largest absolute Gasteiger partial charge is 0.453 e. The molecule has 9 heteroatoms. The van der Waals surface area contributed by atoms with Crippen molar-refractivity contribution in [2.75, 3.05) is 40.3 Å². The van der Waals surface area contributed by atoms with Crippen LogP contribution in [0.4, 0.5) is 9.18 Å². The van der Waals surface area contributed by atoms with Gasteiger partial charge in [0, 0.05) is 54.7 Å². The van der Waals surface area contributed by atoms with Gasteiger partial charge in [-0.15, -0.1) is 0 Å². The van der Waals surface area contributed by atoms with Crippen LogP contribution < -0.4 is 10.6 Å². The van der Waals surface area contributed by atoms with Crippen LogP contribution >= 0.6 is 0 Å². The van der Waals surface area contributed by atoms with Gasteiger partial charge in [0.25, 0.3) is 0 Å². The molecule has 2 unspecified atom stereocenters. The maximum atomic E-state index is 15.7. The minimum atomic E-state index is -1.45. The highest BCUT2D eigenvalue weighted by Gasteiger charge is 2.43. The molecular weight excluding hydrogens is 511 g/mol. The fourth-order valence-electron chi connectivity index (χ4n) is 5.73. The fraction of sp³-hybridized carbons (Fsp3) is 0.452. The summed E-state index contributed by atoms with van der Waals surface area (Å²) in [5.74, 6) is -0.703. The summed E-state index contributed by atoms with van der Waals surface area (Å²) in [6.07, 6.45) is 4.40. The number of piperidine rings is 1. The van der Waals surface area contributed by atoms with Gasteiger partial charge in [-0.25, -0.2) is 9.18 Å². The van der Waals surface area contributed by atoms with E-state index >= 15 is 4.39 Å². The molecule has 8 nitrogen and oxygen atoms in total. The maximum absolute atomic E-state index is 15.7. The van der Waals surface area contributed by atoms with Crippen molar-refractivity contribution in [3.05, 3.63) is 66.1 Å². The van der Waals surface area contributed by atoms with Gasteiger partial charge in [0.1, 0.15) is 5.82 Å². The number of para-hydroxylation sites is 1. The molecular formula is C31H39FN4O4. The standard InChI is InChI=1S/C31H39FN4O4/c1-33-16-6-14-28(37)36-18-7-10-24(21-36)31(39,15-8-17-34-30(38)40-2)25-11-5-12-26(32)29(25)23-19-22-9-3-4-13-27(22)35-20-23/h3-5,9,11-13,19-20,24,33,39H,6-8,10,14-18,21H2,1-2H3,(H,34,38). The molecule has 4 rings (SSSR count). The van der Waals surface area contributed by atoms with Gasteiger partial charge < -0.3 is 25.4 Å². The van der Waals surface area contributed by atoms with Crippen LogP contribution in [0.5, 0.6) is 0 Å². The molecule has 0 saturated carbocycles. The SMILES string of the molecule is CNCCCC(=O)N1CCCC(C(O)(CCCNC(=O)OC)c2cccc(F)c2-c2cnc3ccccc3c2)C1. The van der Waals surface area contributed by atoms with Crippen LogP contribution in [0.1, 0.15) is 44.1 Å². The molecule has 0 radical (unpaired) electrons. The number of aromatic nitrogens is 1. The van der Waals surface area contributed by atoms with E-state index in [9.17, 15) is 14.7 Å². The number of pyridine rings is 1. The second kappa shape index (κ2) is 13.7. The fourth-order valence-corrected chi connectivity index (χ4v) is 5.73. The number of carbonyl (C=O) groups excluding carboxylic acids is 2. The second-order valence-electron chi connectivity index (χ2n) is 10.4. The minimum Gasteiger partial charge on any atom is -0.453 e. The van der Waals surface area contributed by atoms with E-state index in [0.717, 1.165) is 30.3 Å². The molecule has 3 N–H and O–H groups in total. The molecule has 0 aliphatic carbocycles. The number of ether oxygens (including phenoxy) is 1. The molecule has 40 heavy (non-hydrogen) atoms. The van der Waals surface area contributed by atoms with Gasteiger partial charge in [0.2, 0.25) is 5.91 Å². The predicted molar refractivity (Wildman–Crippen MR) is 153 cm³/mol. The first-order valence-corrected chi connectivity index (χ1v) is 14.0. The molecule has 1 aliphatic rings. The normalized spacial score (nSPS) is 16.9. The van der Waals surface area contributed by atoms with Crippen molar-refractivity contribution in [3.8, 4) is 11.1 Å². The molecule has 1 fully saturated rings. The van der Waals surface area contributed by atoms with Crippen molar-refractivity contribution in [2.45, 2.75) is 44.1 Å². The first kappa shape index (κ1) is 29.4. The summed E-state index contributed by atoms with van der Waals surface area (Å²) in [7, 11) is 3.16. The van der Waals surface area contributed by atoms with Gasteiger partial charge in [-0.3, -0.25) is 9.78 Å². The molecule has 1 saturated heterocycles. The number of methoxy groups -OCH3 is 1. The summed E-state index contributed by atoms with van der Waals surface area (Å²) >= 11 is 0. The number of rotatable bonds is 11. The van der Waals surface area contributed by atoms with E-state index in [1.165, 1.54) is 13.2 Å². The zero-order valence-corrected chi connectivity index (χ0v) is 23.3. The number of benzene rings is 2. The second-order valence-corrected chi connectivity index (χ2v) is 10.4. The van der Waals surface area contributed by atoms with Crippen LogP contribution in [0, 0.1) is 11.7 Å². The Kier molecular flexibility index (Phi) is 10.1. The topological polar surface area (TPSA) is 104 Å². The number of alkyl carbamates (subject to hydrolysis) is 1. The van der Waals surface area contributed by atoms with Gasteiger partial charge in [-0.05, 0) is 69.5 Å². The van der Waals surface area contributed by atoms with Crippen LogP contribution in [-0.2, 0) is 15.1 Å². The average molecular weight is 551 g/mol. The number of hydrogen-bond donors (Lipinski definition) is 3. The number of nitrogens with zero attached hydrogens (tertiary/aromatic N) is 2. The highest BCUT2D eigenvalue weighted by atomic mass is 19.1. The third-order valence-corrected chi connectivity index (χ3v) is 7.82. The van der Waals surface area contributed by atoms with Crippen LogP contribution in [0.3, 0.4) is 0 Å². The van der Waals surface area contributed by atoms with Crippen molar-refractivity contribution in [3.63, 3.8) is 0 Å². The van der Waals surface area contributed by atoms with Crippen molar-refractivity contribution in [1.82, 2.24) is 20.5 Å². The minimum absolute atomic E-state index is 0.0628. The number of likely N-dealkylation sites (tertiary alicyclic amines) is 1. The smallest absolute Gasteiger partial charge is 0.406 e. The molecule has 2 atom stereocenters. The Morgan fingerprint density at radius 3 is 2.80 bits per heavy atom. The van der Waals surface area contributed by atoms with Crippen molar-refractivity contribution < 1.29 is 23.8 Å². The number of amides is 2. The van der Waals surface area contributed by atoms with E-state index in [0.29, 0.717) is 49.0 Å². The molecule has 0 spiro atoms. The molecule has 0 bridgehead atoms. The lowest BCUT2D eigenvalue weighted by molar-refractivity contribution is -0.136. The molecule has 3 aromatic rings. The highest BCUT2D eigenvalue weighted by molar-refractivity contribution is 5.84. The Bertz CT molecular complexity index is 1320. The zero-order chi connectivity index (χ0) is 28.5. The number of nitrogens with one attached hydrogen (secondary N) is 2. The van der Waals surface area contributed by atoms with Crippen LogP contribution in [0.2, 0.25) is 0 Å². The Labute approximate surface area is 234 Å². The molecule has 1 aromatic heterocycles. The lowest BCUT2D eigenvalue weighted by atomic mass is 9.72. The van der Waals surface area contributed by atoms with E-state index in [4.69, 9.17) is 0 Å². The van der Waals surface area contributed by atoms with E-state index in [-0.39, 0.29) is 24.8 Å². The Balaban J connectivity index is 1.71. The maximum Gasteiger partial charge on any atom is 0.406 e. The highest BCUT2D eigenvalue weighted by Crippen LogP contribution is 2.44. The summed E-state index contributed by atoms with van der Waals surface area (Å²) in [6, 6.07) is 14.3. The lowest BCUT2D eigenvalue weighted by Crippen LogP contribution is -2.48. The summed E-state index contributed by atoms with van der Waals surface area (Å²) in [4.78, 5) is 31.0. The average Bonchev–Trinajstić information content (AvgIpc) is 2.98. The monoisotopic (exact) mass is 550 g/mol. The number of aliphatic hydroxyl groups is 1.